The molecule has 1 amide bonds. The Hall–Kier alpha value is -1.65. The average Bonchev–Trinajstić information content (AvgIpc) is 2.90. The maximum Gasteiger partial charge on any atom is 0.224 e. The zero-order valence-corrected chi connectivity index (χ0v) is 10.7. The lowest BCUT2D eigenvalue weighted by Gasteiger charge is -2.05. The number of anilines is 1. The number of aliphatic hydroxyl groups excluding tert-OH is 1. The van der Waals surface area contributed by atoms with Gasteiger partial charge in [0.2, 0.25) is 5.91 Å². The zero-order chi connectivity index (χ0) is 12.8. The minimum atomic E-state index is 0.0140. The number of carbonyl (C=O) groups is 1. The van der Waals surface area contributed by atoms with E-state index < -0.39 is 0 Å². The van der Waals surface area contributed by atoms with Gasteiger partial charge in [-0.25, -0.2) is 0 Å². The normalized spacial score (nSPS) is 10.3. The topological polar surface area (TPSA) is 49.3 Å². The van der Waals surface area contributed by atoms with Crippen molar-refractivity contribution in [3.63, 3.8) is 0 Å². The van der Waals surface area contributed by atoms with Crippen LogP contribution in [0.2, 0.25) is 0 Å². The minimum Gasteiger partial charge on any atom is -0.392 e. The number of aliphatic hydroxyl groups is 1. The standard InChI is InChI=1S/C14H15NO2S/c16-10-11-3-5-12(6-4-11)15-14(17)8-7-13-2-1-9-18-13/h1-6,9,16H,7-8,10H2,(H,15,17). The van der Waals surface area contributed by atoms with Crippen molar-refractivity contribution in [3.8, 4) is 0 Å². The van der Waals surface area contributed by atoms with E-state index in [2.05, 4.69) is 5.32 Å². The molecule has 0 aliphatic rings. The molecule has 0 aliphatic heterocycles. The molecule has 1 aromatic carbocycles. The molecule has 0 fully saturated rings. The summed E-state index contributed by atoms with van der Waals surface area (Å²) in [6.07, 6.45) is 1.26. The van der Waals surface area contributed by atoms with E-state index in [1.807, 2.05) is 17.5 Å². The Labute approximate surface area is 110 Å². The smallest absolute Gasteiger partial charge is 0.224 e. The summed E-state index contributed by atoms with van der Waals surface area (Å²) < 4.78 is 0. The summed E-state index contributed by atoms with van der Waals surface area (Å²) in [5.41, 5.74) is 1.61. The number of nitrogens with one attached hydrogen (secondary N) is 1. The van der Waals surface area contributed by atoms with Gasteiger partial charge in [0.15, 0.2) is 0 Å². The Kier molecular flexibility index (Phi) is 4.50. The highest BCUT2D eigenvalue weighted by Crippen LogP contribution is 2.13. The van der Waals surface area contributed by atoms with Gasteiger partial charge in [0, 0.05) is 17.0 Å². The summed E-state index contributed by atoms with van der Waals surface area (Å²) in [6, 6.07) is 11.2. The van der Waals surface area contributed by atoms with Crippen LogP contribution in [0.5, 0.6) is 0 Å². The highest BCUT2D eigenvalue weighted by Gasteiger charge is 2.03. The lowest BCUT2D eigenvalue weighted by atomic mass is 10.2. The molecule has 3 nitrogen and oxygen atoms in total. The molecule has 0 aliphatic carbocycles. The third kappa shape index (κ3) is 3.68. The molecule has 2 rings (SSSR count). The van der Waals surface area contributed by atoms with Crippen molar-refractivity contribution in [1.29, 1.82) is 0 Å². The van der Waals surface area contributed by atoms with Crippen LogP contribution >= 0.6 is 11.3 Å². The Balaban J connectivity index is 1.83. The Bertz CT molecular complexity index is 491. The first kappa shape index (κ1) is 12.8. The van der Waals surface area contributed by atoms with E-state index in [4.69, 9.17) is 5.11 Å². The fourth-order valence-electron chi connectivity index (χ4n) is 1.61. The van der Waals surface area contributed by atoms with Crippen molar-refractivity contribution in [3.05, 3.63) is 52.2 Å². The van der Waals surface area contributed by atoms with E-state index in [1.54, 1.807) is 35.6 Å². The largest absolute Gasteiger partial charge is 0.392 e. The lowest BCUT2D eigenvalue weighted by molar-refractivity contribution is -0.116. The summed E-state index contributed by atoms with van der Waals surface area (Å²) in [7, 11) is 0. The molecule has 4 heteroatoms. The number of amides is 1. The molecule has 0 saturated carbocycles. The van der Waals surface area contributed by atoms with E-state index in [-0.39, 0.29) is 12.5 Å². The van der Waals surface area contributed by atoms with Gasteiger partial charge in [0.25, 0.3) is 0 Å². The van der Waals surface area contributed by atoms with E-state index in [1.165, 1.54) is 4.88 Å². The Morgan fingerprint density at radius 2 is 2.00 bits per heavy atom. The summed E-state index contributed by atoms with van der Waals surface area (Å²) in [5.74, 6) is 0.0140. The maximum atomic E-state index is 11.7. The van der Waals surface area contributed by atoms with Gasteiger partial charge >= 0.3 is 0 Å². The number of aryl methyl sites for hydroxylation is 1. The van der Waals surface area contributed by atoms with Crippen molar-refractivity contribution in [1.82, 2.24) is 0 Å². The maximum absolute atomic E-state index is 11.7. The molecule has 0 bridgehead atoms. The first-order valence-electron chi connectivity index (χ1n) is 5.80. The van der Waals surface area contributed by atoms with Gasteiger partial charge in [-0.05, 0) is 35.6 Å². The van der Waals surface area contributed by atoms with Crippen LogP contribution in [0, 0.1) is 0 Å². The van der Waals surface area contributed by atoms with Crippen molar-refractivity contribution < 1.29 is 9.90 Å². The Morgan fingerprint density at radius 3 is 2.61 bits per heavy atom. The van der Waals surface area contributed by atoms with Crippen LogP contribution in [0.4, 0.5) is 5.69 Å². The van der Waals surface area contributed by atoms with Crippen LogP contribution in [-0.2, 0) is 17.8 Å². The molecular formula is C14H15NO2S. The van der Waals surface area contributed by atoms with E-state index in [0.29, 0.717) is 6.42 Å². The molecule has 0 radical (unpaired) electrons. The van der Waals surface area contributed by atoms with Crippen molar-refractivity contribution in [2.24, 2.45) is 0 Å². The number of hydrogen-bond donors (Lipinski definition) is 2. The minimum absolute atomic E-state index is 0.0140. The fourth-order valence-corrected chi connectivity index (χ4v) is 2.32. The number of carbonyl (C=O) groups excluding carboxylic acids is 1. The predicted molar refractivity (Wildman–Crippen MR) is 73.6 cm³/mol. The molecule has 18 heavy (non-hydrogen) atoms. The summed E-state index contributed by atoms with van der Waals surface area (Å²) in [6.45, 7) is 0.0204. The summed E-state index contributed by atoms with van der Waals surface area (Å²) >= 11 is 1.67. The summed E-state index contributed by atoms with van der Waals surface area (Å²) in [5, 5.41) is 13.8. The van der Waals surface area contributed by atoms with Crippen LogP contribution in [0.3, 0.4) is 0 Å². The first-order valence-corrected chi connectivity index (χ1v) is 6.68. The lowest BCUT2D eigenvalue weighted by Crippen LogP contribution is -2.11. The fraction of sp³-hybridized carbons (Fsp3) is 0.214. The van der Waals surface area contributed by atoms with Gasteiger partial charge in [-0.3, -0.25) is 4.79 Å². The predicted octanol–water partition coefficient (Wildman–Crippen LogP) is 2.81. The van der Waals surface area contributed by atoms with Crippen LogP contribution in [0.15, 0.2) is 41.8 Å². The molecule has 0 saturated heterocycles. The van der Waals surface area contributed by atoms with E-state index in [0.717, 1.165) is 17.7 Å². The highest BCUT2D eigenvalue weighted by molar-refractivity contribution is 7.09. The average molecular weight is 261 g/mol. The third-order valence-electron chi connectivity index (χ3n) is 2.60. The van der Waals surface area contributed by atoms with Gasteiger partial charge in [0.1, 0.15) is 0 Å². The van der Waals surface area contributed by atoms with Gasteiger partial charge < -0.3 is 10.4 Å². The molecule has 1 heterocycles. The van der Waals surface area contributed by atoms with Gasteiger partial charge in [-0.15, -0.1) is 11.3 Å². The zero-order valence-electron chi connectivity index (χ0n) is 9.93. The van der Waals surface area contributed by atoms with Gasteiger partial charge in [0.05, 0.1) is 6.61 Å². The molecular weight excluding hydrogens is 246 g/mol. The van der Waals surface area contributed by atoms with E-state index >= 15 is 0 Å². The van der Waals surface area contributed by atoms with Crippen LogP contribution in [0.25, 0.3) is 0 Å². The SMILES string of the molecule is O=C(CCc1cccs1)Nc1ccc(CO)cc1. The molecule has 0 unspecified atom stereocenters. The number of rotatable bonds is 5. The van der Waals surface area contributed by atoms with Gasteiger partial charge in [-0.2, -0.15) is 0 Å². The second-order valence-corrected chi connectivity index (χ2v) is 5.01. The summed E-state index contributed by atoms with van der Waals surface area (Å²) in [4.78, 5) is 12.9. The number of benzene rings is 1. The monoisotopic (exact) mass is 261 g/mol. The molecule has 2 aromatic rings. The number of thiophene rings is 1. The molecule has 0 spiro atoms. The van der Waals surface area contributed by atoms with Crippen LogP contribution < -0.4 is 5.32 Å². The second kappa shape index (κ2) is 6.33. The van der Waals surface area contributed by atoms with Crippen molar-refractivity contribution in [2.45, 2.75) is 19.4 Å². The third-order valence-corrected chi connectivity index (χ3v) is 3.54. The Morgan fingerprint density at radius 1 is 1.22 bits per heavy atom. The highest BCUT2D eigenvalue weighted by atomic mass is 32.1. The molecule has 0 atom stereocenters. The number of hydrogen-bond acceptors (Lipinski definition) is 3. The molecule has 94 valence electrons. The molecule has 1 aromatic heterocycles. The van der Waals surface area contributed by atoms with E-state index in [9.17, 15) is 4.79 Å². The quantitative estimate of drug-likeness (QED) is 0.869. The van der Waals surface area contributed by atoms with Crippen molar-refractivity contribution >= 4 is 22.9 Å². The van der Waals surface area contributed by atoms with Crippen LogP contribution in [-0.4, -0.2) is 11.0 Å². The van der Waals surface area contributed by atoms with Crippen molar-refractivity contribution in [2.75, 3.05) is 5.32 Å². The molecule has 2 N–H and O–H groups in total. The second-order valence-electron chi connectivity index (χ2n) is 3.98. The first-order chi connectivity index (χ1) is 8.78. The van der Waals surface area contributed by atoms with Gasteiger partial charge in [-0.1, -0.05) is 18.2 Å². The van der Waals surface area contributed by atoms with Crippen LogP contribution in [0.1, 0.15) is 16.9 Å².